The molecule has 0 amide bonds. The highest BCUT2D eigenvalue weighted by Crippen LogP contribution is 2.33. The van der Waals surface area contributed by atoms with E-state index >= 15 is 0 Å². The summed E-state index contributed by atoms with van der Waals surface area (Å²) in [6.45, 7) is 3.95. The van der Waals surface area contributed by atoms with Crippen LogP contribution < -0.4 is 0 Å². The minimum Gasteiger partial charge on any atom is -0.292 e. The van der Waals surface area contributed by atoms with Gasteiger partial charge in [-0.05, 0) is 25.0 Å². The van der Waals surface area contributed by atoms with Gasteiger partial charge in [-0.2, -0.15) is 0 Å². The van der Waals surface area contributed by atoms with Crippen molar-refractivity contribution in [2.75, 3.05) is 5.75 Å². The molecular formula is C19H19O3S2. The molecule has 1 atom stereocenters. The predicted molar refractivity (Wildman–Crippen MR) is 100 cm³/mol. The molecule has 0 fully saturated rings. The van der Waals surface area contributed by atoms with E-state index in [0.717, 1.165) is 22.1 Å². The van der Waals surface area contributed by atoms with E-state index in [9.17, 15) is 13.2 Å². The van der Waals surface area contributed by atoms with E-state index in [1.807, 2.05) is 26.0 Å². The van der Waals surface area contributed by atoms with Crippen LogP contribution in [0.5, 0.6) is 0 Å². The fourth-order valence-electron chi connectivity index (χ4n) is 2.72. The molecule has 1 aromatic carbocycles. The fraction of sp³-hybridized carbons (Fsp3) is 0.316. The van der Waals surface area contributed by atoms with E-state index in [4.69, 9.17) is 0 Å². The molecule has 1 heterocycles. The van der Waals surface area contributed by atoms with Crippen molar-refractivity contribution >= 4 is 42.6 Å². The standard InChI is InChI=1S/C19H19O3S2/c1-3-4-10-24(21,22)18-7-5-6-15(19(18)20)17-12-14-9-8-13(2)11-16(14)23-17/h5-9,11,18H,3-4,10H2,1-2H3. The Morgan fingerprint density at radius 2 is 2.08 bits per heavy atom. The number of rotatable bonds is 5. The zero-order valence-electron chi connectivity index (χ0n) is 13.7. The number of fused-ring (bicyclic) bond motifs is 1. The molecule has 0 saturated heterocycles. The molecule has 125 valence electrons. The van der Waals surface area contributed by atoms with E-state index in [-0.39, 0.29) is 11.5 Å². The molecule has 0 spiro atoms. The van der Waals surface area contributed by atoms with Crippen molar-refractivity contribution in [3.05, 3.63) is 52.9 Å². The third-order valence-corrected chi connectivity index (χ3v) is 7.17. The van der Waals surface area contributed by atoms with E-state index in [1.165, 1.54) is 17.4 Å². The average Bonchev–Trinajstić information content (AvgIpc) is 2.95. The summed E-state index contributed by atoms with van der Waals surface area (Å²) in [5.74, 6) is -0.291. The lowest BCUT2D eigenvalue weighted by atomic mass is 10.0. The smallest absolute Gasteiger partial charge is 0.186 e. The molecule has 0 saturated carbocycles. The van der Waals surface area contributed by atoms with Crippen LogP contribution in [-0.2, 0) is 14.6 Å². The number of hydrogen-bond acceptors (Lipinski definition) is 4. The van der Waals surface area contributed by atoms with Crippen molar-refractivity contribution in [1.82, 2.24) is 0 Å². The van der Waals surface area contributed by atoms with Gasteiger partial charge in [0, 0.05) is 26.6 Å². The Bertz CT molecular complexity index is 946. The van der Waals surface area contributed by atoms with Crippen LogP contribution in [0.4, 0.5) is 0 Å². The summed E-state index contributed by atoms with van der Waals surface area (Å²) in [7, 11) is -3.46. The van der Waals surface area contributed by atoms with Crippen molar-refractivity contribution in [1.29, 1.82) is 0 Å². The predicted octanol–water partition coefficient (Wildman–Crippen LogP) is 4.12. The molecule has 1 aliphatic carbocycles. The zero-order chi connectivity index (χ0) is 17.3. The second kappa shape index (κ2) is 6.65. The van der Waals surface area contributed by atoms with E-state index < -0.39 is 15.1 Å². The lowest BCUT2D eigenvalue weighted by Gasteiger charge is -2.17. The Kier molecular flexibility index (Phi) is 4.74. The van der Waals surface area contributed by atoms with Crippen LogP contribution in [0.2, 0.25) is 0 Å². The second-order valence-electron chi connectivity index (χ2n) is 6.03. The molecule has 2 aromatic rings. The number of hydrogen-bond donors (Lipinski definition) is 0. The average molecular weight is 359 g/mol. The van der Waals surface area contributed by atoms with Crippen molar-refractivity contribution in [2.24, 2.45) is 0 Å². The molecule has 1 aromatic heterocycles. The summed E-state index contributed by atoms with van der Waals surface area (Å²) < 4.78 is 25.9. The van der Waals surface area contributed by atoms with Crippen molar-refractivity contribution in [3.63, 3.8) is 0 Å². The van der Waals surface area contributed by atoms with Gasteiger partial charge in [0.25, 0.3) is 0 Å². The molecule has 24 heavy (non-hydrogen) atoms. The first-order valence-electron chi connectivity index (χ1n) is 7.99. The summed E-state index contributed by atoms with van der Waals surface area (Å²) in [5, 5.41) is -0.112. The fourth-order valence-corrected chi connectivity index (χ4v) is 5.58. The number of Topliss-reactive ketones (excluding diaryl/α,β-unsaturated/α-hetero) is 1. The third kappa shape index (κ3) is 3.23. The highest BCUT2D eigenvalue weighted by molar-refractivity contribution is 7.93. The normalized spacial score (nSPS) is 18.2. The SMILES string of the molecule is CCCCS(=O)(=O)C1C=CC=C(c2[c]c3ccc(C)cc3s2)C1=O. The molecule has 1 unspecified atom stereocenters. The third-order valence-electron chi connectivity index (χ3n) is 4.08. The largest absolute Gasteiger partial charge is 0.292 e. The summed E-state index contributed by atoms with van der Waals surface area (Å²) >= 11 is 1.48. The number of allylic oxidation sites excluding steroid dienone is 3. The maximum Gasteiger partial charge on any atom is 0.186 e. The molecule has 5 heteroatoms. The van der Waals surface area contributed by atoms with Gasteiger partial charge in [-0.25, -0.2) is 8.42 Å². The van der Waals surface area contributed by atoms with Gasteiger partial charge in [0.1, 0.15) is 5.25 Å². The van der Waals surface area contributed by atoms with Gasteiger partial charge in [-0.3, -0.25) is 4.79 Å². The lowest BCUT2D eigenvalue weighted by molar-refractivity contribution is -0.112. The maximum atomic E-state index is 12.8. The van der Waals surface area contributed by atoms with E-state index in [2.05, 4.69) is 12.1 Å². The number of benzene rings is 1. The lowest BCUT2D eigenvalue weighted by Crippen LogP contribution is -2.32. The van der Waals surface area contributed by atoms with Crippen LogP contribution in [0.25, 0.3) is 15.7 Å². The molecule has 1 radical (unpaired) electrons. The molecular weight excluding hydrogens is 340 g/mol. The Balaban J connectivity index is 1.95. The number of aryl methyl sites for hydroxylation is 1. The number of thiophene rings is 1. The Morgan fingerprint density at radius 3 is 2.83 bits per heavy atom. The van der Waals surface area contributed by atoms with E-state index in [1.54, 1.807) is 12.2 Å². The van der Waals surface area contributed by atoms with Gasteiger partial charge in [-0.1, -0.05) is 43.7 Å². The van der Waals surface area contributed by atoms with Crippen LogP contribution in [0, 0.1) is 13.0 Å². The Hall–Kier alpha value is -1.72. The highest BCUT2D eigenvalue weighted by Gasteiger charge is 2.34. The van der Waals surface area contributed by atoms with Gasteiger partial charge < -0.3 is 0 Å². The monoisotopic (exact) mass is 359 g/mol. The van der Waals surface area contributed by atoms with Gasteiger partial charge in [-0.15, -0.1) is 11.3 Å². The van der Waals surface area contributed by atoms with Crippen LogP contribution in [0.1, 0.15) is 30.2 Å². The van der Waals surface area contributed by atoms with E-state index in [0.29, 0.717) is 16.9 Å². The van der Waals surface area contributed by atoms with Gasteiger partial charge in [0.2, 0.25) is 0 Å². The van der Waals surface area contributed by atoms with Crippen LogP contribution in [0.15, 0.2) is 36.4 Å². The number of unbranched alkanes of at least 4 members (excludes halogenated alkanes) is 1. The van der Waals surface area contributed by atoms with Gasteiger partial charge in [0.15, 0.2) is 15.6 Å². The summed E-state index contributed by atoms with van der Waals surface area (Å²) in [6.07, 6.45) is 6.23. The summed E-state index contributed by atoms with van der Waals surface area (Å²) in [4.78, 5) is 13.5. The van der Waals surface area contributed by atoms with Gasteiger partial charge in [0.05, 0.1) is 5.75 Å². The molecule has 3 rings (SSSR count). The van der Waals surface area contributed by atoms with Crippen molar-refractivity contribution in [2.45, 2.75) is 31.9 Å². The van der Waals surface area contributed by atoms with Crippen molar-refractivity contribution < 1.29 is 13.2 Å². The summed E-state index contributed by atoms with van der Waals surface area (Å²) in [6, 6.07) is 9.27. The number of ketones is 1. The first-order valence-corrected chi connectivity index (χ1v) is 10.5. The summed E-state index contributed by atoms with van der Waals surface area (Å²) in [5.41, 5.74) is 1.59. The Labute approximate surface area is 146 Å². The van der Waals surface area contributed by atoms with Crippen LogP contribution in [-0.4, -0.2) is 25.2 Å². The molecule has 3 nitrogen and oxygen atoms in total. The van der Waals surface area contributed by atoms with Gasteiger partial charge >= 0.3 is 0 Å². The molecule has 1 aliphatic rings. The minimum atomic E-state index is -3.46. The quantitative estimate of drug-likeness (QED) is 0.807. The Morgan fingerprint density at radius 1 is 1.29 bits per heavy atom. The van der Waals surface area contributed by atoms with Crippen molar-refractivity contribution in [3.8, 4) is 0 Å². The highest BCUT2D eigenvalue weighted by atomic mass is 32.2. The van der Waals surface area contributed by atoms with Crippen LogP contribution >= 0.6 is 11.3 Å². The number of carbonyl (C=O) groups is 1. The second-order valence-corrected chi connectivity index (χ2v) is 9.32. The molecule has 0 aliphatic heterocycles. The van der Waals surface area contributed by atoms with Crippen LogP contribution in [0.3, 0.4) is 0 Å². The zero-order valence-corrected chi connectivity index (χ0v) is 15.3. The topological polar surface area (TPSA) is 51.2 Å². The minimum absolute atomic E-state index is 0.0485. The number of carbonyl (C=O) groups excluding carboxylic acids is 1. The first kappa shape index (κ1) is 17.1. The maximum absolute atomic E-state index is 12.8. The molecule has 0 N–H and O–H groups in total. The first-order chi connectivity index (χ1) is 11.4. The number of sulfone groups is 1. The molecule has 0 bridgehead atoms.